The Morgan fingerprint density at radius 1 is 1.11 bits per heavy atom. The molecule has 1 unspecified atom stereocenters. The second-order valence-corrected chi connectivity index (χ2v) is 6.39. The summed E-state index contributed by atoms with van der Waals surface area (Å²) in [6.45, 7) is 4.66. The molecule has 0 radical (unpaired) electrons. The first kappa shape index (κ1) is 11.9. The van der Waals surface area contributed by atoms with E-state index in [9.17, 15) is 0 Å². The molecule has 102 valence electrons. The molecule has 0 spiro atoms. The van der Waals surface area contributed by atoms with Crippen LogP contribution in [0.4, 0.5) is 0 Å². The largest absolute Gasteiger partial charge is 0.370 e. The molecule has 5 atom stereocenters. The summed E-state index contributed by atoms with van der Waals surface area (Å²) in [5, 5.41) is 0. The summed E-state index contributed by atoms with van der Waals surface area (Å²) >= 11 is 0. The van der Waals surface area contributed by atoms with Crippen molar-refractivity contribution in [2.45, 2.75) is 51.0 Å². The van der Waals surface area contributed by atoms with E-state index in [1.165, 1.54) is 12.0 Å². The van der Waals surface area contributed by atoms with Crippen molar-refractivity contribution in [1.29, 1.82) is 0 Å². The van der Waals surface area contributed by atoms with E-state index < -0.39 is 5.79 Å². The third kappa shape index (κ3) is 2.00. The van der Waals surface area contributed by atoms with Gasteiger partial charge in [-0.15, -0.1) is 0 Å². The molecule has 3 nitrogen and oxygen atoms in total. The van der Waals surface area contributed by atoms with Gasteiger partial charge in [0.05, 0.1) is 18.8 Å². The molecule has 2 saturated carbocycles. The van der Waals surface area contributed by atoms with E-state index in [1.54, 1.807) is 0 Å². The fourth-order valence-corrected chi connectivity index (χ4v) is 3.62. The smallest absolute Gasteiger partial charge is 0.163 e. The van der Waals surface area contributed by atoms with Crippen LogP contribution in [0.1, 0.15) is 25.8 Å². The number of benzene rings is 1. The van der Waals surface area contributed by atoms with E-state index in [-0.39, 0.29) is 18.3 Å². The van der Waals surface area contributed by atoms with Crippen LogP contribution < -0.4 is 0 Å². The minimum atomic E-state index is -0.447. The van der Waals surface area contributed by atoms with Gasteiger partial charge in [-0.1, -0.05) is 30.3 Å². The molecule has 4 rings (SSSR count). The van der Waals surface area contributed by atoms with Gasteiger partial charge < -0.3 is 14.2 Å². The van der Waals surface area contributed by atoms with Gasteiger partial charge in [0.25, 0.3) is 0 Å². The van der Waals surface area contributed by atoms with Gasteiger partial charge in [0.1, 0.15) is 6.10 Å². The summed E-state index contributed by atoms with van der Waals surface area (Å²) in [5.41, 5.74) is 1.22. The summed E-state index contributed by atoms with van der Waals surface area (Å²) in [6, 6.07) is 10.3. The van der Waals surface area contributed by atoms with Gasteiger partial charge in [0.2, 0.25) is 0 Å². The molecule has 1 aliphatic heterocycles. The first-order valence-corrected chi connectivity index (χ1v) is 7.15. The minimum absolute atomic E-state index is 0.127. The van der Waals surface area contributed by atoms with Gasteiger partial charge in [-0.05, 0) is 37.7 Å². The van der Waals surface area contributed by atoms with Gasteiger partial charge >= 0.3 is 0 Å². The molecule has 1 saturated heterocycles. The Morgan fingerprint density at radius 2 is 1.84 bits per heavy atom. The van der Waals surface area contributed by atoms with Crippen molar-refractivity contribution < 1.29 is 14.2 Å². The standard InChI is InChI=1S/C16H20O3/c1-16(2)18-14-12-8-11(12)13(15(14)19-16)17-9-10-6-4-3-5-7-10/h3-7,11-15H,8-9H2,1-2H3/t11-,12?,13-,14+,15-/m0/s1. The molecule has 1 heterocycles. The molecule has 1 aromatic rings. The number of fused-ring (bicyclic) bond motifs is 3. The predicted molar refractivity (Wildman–Crippen MR) is 70.4 cm³/mol. The van der Waals surface area contributed by atoms with Gasteiger partial charge in [-0.3, -0.25) is 0 Å². The monoisotopic (exact) mass is 260 g/mol. The lowest BCUT2D eigenvalue weighted by molar-refractivity contribution is -0.168. The maximum atomic E-state index is 6.15. The fraction of sp³-hybridized carbons (Fsp3) is 0.625. The first-order chi connectivity index (χ1) is 9.14. The zero-order valence-electron chi connectivity index (χ0n) is 11.4. The van der Waals surface area contributed by atoms with Crippen LogP contribution in [0.3, 0.4) is 0 Å². The van der Waals surface area contributed by atoms with Crippen LogP contribution in [0.25, 0.3) is 0 Å². The van der Waals surface area contributed by atoms with Crippen LogP contribution in [0.15, 0.2) is 30.3 Å². The third-order valence-electron chi connectivity index (χ3n) is 4.51. The lowest BCUT2D eigenvalue weighted by Crippen LogP contribution is -2.34. The second kappa shape index (κ2) is 4.05. The molecule has 3 fully saturated rings. The topological polar surface area (TPSA) is 27.7 Å². The molecule has 3 heteroatoms. The Kier molecular flexibility index (Phi) is 2.53. The summed E-state index contributed by atoms with van der Waals surface area (Å²) in [7, 11) is 0. The van der Waals surface area contributed by atoms with Crippen molar-refractivity contribution in [2.75, 3.05) is 0 Å². The Labute approximate surface area is 113 Å². The molecular weight excluding hydrogens is 240 g/mol. The average Bonchev–Trinajstić information content (AvgIpc) is 3.02. The summed E-state index contributed by atoms with van der Waals surface area (Å²) in [5.74, 6) is 0.861. The van der Waals surface area contributed by atoms with E-state index in [2.05, 4.69) is 12.1 Å². The van der Waals surface area contributed by atoms with Crippen LogP contribution in [-0.2, 0) is 20.8 Å². The molecule has 0 N–H and O–H groups in total. The fourth-order valence-electron chi connectivity index (χ4n) is 3.62. The van der Waals surface area contributed by atoms with Gasteiger partial charge in [0.15, 0.2) is 5.79 Å². The Hall–Kier alpha value is -0.900. The molecule has 0 bridgehead atoms. The third-order valence-corrected chi connectivity index (χ3v) is 4.51. The molecule has 19 heavy (non-hydrogen) atoms. The van der Waals surface area contributed by atoms with Crippen molar-refractivity contribution in [3.63, 3.8) is 0 Å². The van der Waals surface area contributed by atoms with Gasteiger partial charge in [0, 0.05) is 0 Å². The molecule has 0 amide bonds. The predicted octanol–water partition coefficient (Wildman–Crippen LogP) is 2.74. The highest BCUT2D eigenvalue weighted by molar-refractivity contribution is 5.16. The van der Waals surface area contributed by atoms with E-state index >= 15 is 0 Å². The van der Waals surface area contributed by atoms with Crippen molar-refractivity contribution in [3.8, 4) is 0 Å². The Balaban J connectivity index is 1.45. The van der Waals surface area contributed by atoms with Crippen molar-refractivity contribution in [3.05, 3.63) is 35.9 Å². The minimum Gasteiger partial charge on any atom is -0.370 e. The maximum Gasteiger partial charge on any atom is 0.163 e. The van der Waals surface area contributed by atoms with Crippen molar-refractivity contribution >= 4 is 0 Å². The second-order valence-electron chi connectivity index (χ2n) is 6.39. The lowest BCUT2D eigenvalue weighted by Gasteiger charge is -2.23. The Morgan fingerprint density at radius 3 is 2.63 bits per heavy atom. The maximum absolute atomic E-state index is 6.15. The van der Waals surface area contributed by atoms with E-state index in [4.69, 9.17) is 14.2 Å². The SMILES string of the molecule is CC1(C)O[C@H]2[C@@H](OCc3ccccc3)[C@H]3CC3[C@H]2O1. The molecule has 0 aromatic heterocycles. The zero-order chi connectivity index (χ0) is 13.0. The van der Waals surface area contributed by atoms with Gasteiger partial charge in [-0.25, -0.2) is 0 Å². The number of rotatable bonds is 3. The van der Waals surface area contributed by atoms with Crippen molar-refractivity contribution in [1.82, 2.24) is 0 Å². The highest BCUT2D eigenvalue weighted by Gasteiger charge is 2.66. The normalized spacial score (nSPS) is 41.9. The number of hydrogen-bond donors (Lipinski definition) is 0. The van der Waals surface area contributed by atoms with Crippen molar-refractivity contribution in [2.24, 2.45) is 11.8 Å². The zero-order valence-corrected chi connectivity index (χ0v) is 11.4. The van der Waals surface area contributed by atoms with Crippen LogP contribution in [-0.4, -0.2) is 24.1 Å². The van der Waals surface area contributed by atoms with E-state index in [0.29, 0.717) is 18.4 Å². The highest BCUT2D eigenvalue weighted by atomic mass is 16.8. The van der Waals surface area contributed by atoms with Crippen LogP contribution >= 0.6 is 0 Å². The van der Waals surface area contributed by atoms with Crippen LogP contribution in [0.2, 0.25) is 0 Å². The Bertz CT molecular complexity index is 470. The quantitative estimate of drug-likeness (QED) is 0.836. The number of hydrogen-bond acceptors (Lipinski definition) is 3. The molecular formula is C16H20O3. The van der Waals surface area contributed by atoms with Crippen LogP contribution in [0.5, 0.6) is 0 Å². The highest BCUT2D eigenvalue weighted by Crippen LogP contribution is 2.59. The molecule has 2 aliphatic carbocycles. The molecule has 1 aromatic carbocycles. The first-order valence-electron chi connectivity index (χ1n) is 7.15. The number of ether oxygens (including phenoxy) is 3. The van der Waals surface area contributed by atoms with E-state index in [1.807, 2.05) is 32.0 Å². The summed E-state index contributed by atoms with van der Waals surface area (Å²) in [6.07, 6.45) is 1.82. The van der Waals surface area contributed by atoms with Crippen LogP contribution in [0, 0.1) is 11.8 Å². The summed E-state index contributed by atoms with van der Waals surface area (Å²) in [4.78, 5) is 0. The average molecular weight is 260 g/mol. The summed E-state index contributed by atoms with van der Waals surface area (Å²) < 4.78 is 18.2. The lowest BCUT2D eigenvalue weighted by atomic mass is 10.1. The molecule has 3 aliphatic rings. The van der Waals surface area contributed by atoms with E-state index in [0.717, 1.165) is 0 Å². The van der Waals surface area contributed by atoms with Gasteiger partial charge in [-0.2, -0.15) is 0 Å².